The number of phenols is 2. The van der Waals surface area contributed by atoms with Gasteiger partial charge in [0.05, 0.1) is 23.1 Å². The van der Waals surface area contributed by atoms with E-state index in [9.17, 15) is 10.2 Å². The van der Waals surface area contributed by atoms with Crippen LogP contribution in [-0.2, 0) is 0 Å². The molecule has 0 saturated heterocycles. The van der Waals surface area contributed by atoms with Gasteiger partial charge in [-0.05, 0) is 38.1 Å². The molecule has 0 aliphatic rings. The van der Waals surface area contributed by atoms with Gasteiger partial charge in [0.2, 0.25) is 0 Å². The van der Waals surface area contributed by atoms with Gasteiger partial charge in [-0.15, -0.1) is 0 Å². The molecule has 2 N–H and O–H groups in total. The lowest BCUT2D eigenvalue weighted by molar-refractivity contribution is 0.474. The Labute approximate surface area is 171 Å². The lowest BCUT2D eigenvalue weighted by Gasteiger charge is -2.08. The Balaban J connectivity index is 2.12. The average Bonchev–Trinajstić information content (AvgIpc) is 2.57. The van der Waals surface area contributed by atoms with E-state index in [0.29, 0.717) is 45.7 Å². The van der Waals surface area contributed by atoms with Crippen LogP contribution in [0, 0.1) is 0 Å². The molecular weight excluding hydrogens is 418 g/mol. The number of aliphatic imine (C=N–C) groups is 2. The molecule has 0 bridgehead atoms. The number of nitrogens with zero attached hydrogens (tertiary/aromatic N) is 2. The van der Waals surface area contributed by atoms with Gasteiger partial charge in [-0.2, -0.15) is 0 Å². The van der Waals surface area contributed by atoms with E-state index < -0.39 is 0 Å². The van der Waals surface area contributed by atoms with Crippen molar-refractivity contribution in [2.24, 2.45) is 9.98 Å². The minimum absolute atomic E-state index is 0.0597. The summed E-state index contributed by atoms with van der Waals surface area (Å²) in [6.07, 6.45) is 0. The van der Waals surface area contributed by atoms with Crippen molar-refractivity contribution in [3.8, 4) is 11.5 Å². The van der Waals surface area contributed by atoms with Crippen LogP contribution >= 0.6 is 46.4 Å². The van der Waals surface area contributed by atoms with Crippen LogP contribution in [0.15, 0.2) is 34.3 Å². The first-order chi connectivity index (χ1) is 12.2. The van der Waals surface area contributed by atoms with Crippen molar-refractivity contribution in [3.63, 3.8) is 0 Å². The summed E-state index contributed by atoms with van der Waals surface area (Å²) >= 11 is 23.8. The van der Waals surface area contributed by atoms with Gasteiger partial charge >= 0.3 is 0 Å². The Bertz CT molecular complexity index is 822. The maximum Gasteiger partial charge on any atom is 0.143 e. The smallest absolute Gasteiger partial charge is 0.143 e. The highest BCUT2D eigenvalue weighted by atomic mass is 35.5. The van der Waals surface area contributed by atoms with Crippen LogP contribution in [0.2, 0.25) is 20.1 Å². The van der Waals surface area contributed by atoms with Gasteiger partial charge < -0.3 is 10.2 Å². The predicted molar refractivity (Wildman–Crippen MR) is 110 cm³/mol. The van der Waals surface area contributed by atoms with Crippen LogP contribution in [0.1, 0.15) is 25.0 Å². The fraction of sp³-hybridized carbons (Fsp3) is 0.222. The number of hydrogen-bond acceptors (Lipinski definition) is 4. The SMILES string of the molecule is CC(=NCCN=C(C)c1cc(Cl)cc(Cl)c1O)c1cc(Cl)cc(Cl)c1O. The van der Waals surface area contributed by atoms with E-state index in [0.717, 1.165) is 0 Å². The molecule has 0 aliphatic carbocycles. The molecule has 0 aliphatic heterocycles. The molecular formula is C18H16Cl4N2O2. The molecule has 2 rings (SSSR count). The summed E-state index contributed by atoms with van der Waals surface area (Å²) in [5.74, 6) is -0.119. The molecule has 4 nitrogen and oxygen atoms in total. The fourth-order valence-corrected chi connectivity index (χ4v) is 3.28. The fourth-order valence-electron chi connectivity index (χ4n) is 2.29. The molecule has 138 valence electrons. The second-order valence-corrected chi connectivity index (χ2v) is 7.19. The van der Waals surface area contributed by atoms with Gasteiger partial charge in [0.15, 0.2) is 0 Å². The topological polar surface area (TPSA) is 65.2 Å². The summed E-state index contributed by atoms with van der Waals surface area (Å²) < 4.78 is 0. The first-order valence-corrected chi connectivity index (χ1v) is 9.10. The zero-order valence-electron chi connectivity index (χ0n) is 14.0. The van der Waals surface area contributed by atoms with Crippen LogP contribution in [0.3, 0.4) is 0 Å². The largest absolute Gasteiger partial charge is 0.506 e. The Morgan fingerprint density at radius 3 is 1.42 bits per heavy atom. The highest BCUT2D eigenvalue weighted by molar-refractivity contribution is 6.37. The molecule has 0 unspecified atom stereocenters. The van der Waals surface area contributed by atoms with Gasteiger partial charge in [0.1, 0.15) is 11.5 Å². The standard InChI is InChI=1S/C18H16Cl4N2O2/c1-9(13-5-11(19)7-15(21)17(13)25)23-3-4-24-10(2)14-6-12(20)8-16(22)18(14)26/h5-8,25-26H,3-4H2,1-2H3. The second kappa shape index (κ2) is 8.96. The van der Waals surface area contributed by atoms with E-state index in [2.05, 4.69) is 9.98 Å². The number of rotatable bonds is 5. The van der Waals surface area contributed by atoms with Crippen molar-refractivity contribution in [2.45, 2.75) is 13.8 Å². The second-order valence-electron chi connectivity index (χ2n) is 5.50. The first-order valence-electron chi connectivity index (χ1n) is 7.59. The quantitative estimate of drug-likeness (QED) is 0.446. The Morgan fingerprint density at radius 1 is 0.731 bits per heavy atom. The third-order valence-electron chi connectivity index (χ3n) is 3.63. The van der Waals surface area contributed by atoms with Crippen molar-refractivity contribution in [2.75, 3.05) is 13.1 Å². The van der Waals surface area contributed by atoms with Gasteiger partial charge in [-0.1, -0.05) is 46.4 Å². The first kappa shape index (κ1) is 20.8. The molecule has 8 heteroatoms. The van der Waals surface area contributed by atoms with Crippen LogP contribution < -0.4 is 0 Å². The molecule has 0 atom stereocenters. The predicted octanol–water partition coefficient (Wildman–Crippen LogP) is 6.03. The summed E-state index contributed by atoms with van der Waals surface area (Å²) in [5.41, 5.74) is 2.13. The highest BCUT2D eigenvalue weighted by Crippen LogP contribution is 2.32. The molecule has 0 aromatic heterocycles. The van der Waals surface area contributed by atoms with E-state index in [1.165, 1.54) is 12.1 Å². The number of halogens is 4. The minimum Gasteiger partial charge on any atom is -0.506 e. The van der Waals surface area contributed by atoms with Crippen LogP contribution in [0.4, 0.5) is 0 Å². The van der Waals surface area contributed by atoms with Gasteiger partial charge in [0, 0.05) is 32.6 Å². The van der Waals surface area contributed by atoms with Crippen LogP contribution in [0.5, 0.6) is 11.5 Å². The summed E-state index contributed by atoms with van der Waals surface area (Å²) in [6.45, 7) is 4.26. The average molecular weight is 434 g/mol. The Kier molecular flexibility index (Phi) is 7.18. The molecule has 0 saturated carbocycles. The lowest BCUT2D eigenvalue weighted by atomic mass is 10.1. The monoisotopic (exact) mass is 432 g/mol. The molecule has 2 aromatic rings. The highest BCUT2D eigenvalue weighted by Gasteiger charge is 2.11. The van der Waals surface area contributed by atoms with Crippen LogP contribution in [-0.4, -0.2) is 34.7 Å². The molecule has 26 heavy (non-hydrogen) atoms. The summed E-state index contributed by atoms with van der Waals surface area (Å²) in [6, 6.07) is 6.13. The minimum atomic E-state index is -0.0597. The molecule has 2 aromatic carbocycles. The van der Waals surface area contributed by atoms with Crippen molar-refractivity contribution in [3.05, 3.63) is 55.5 Å². The number of hydrogen-bond donors (Lipinski definition) is 2. The maximum absolute atomic E-state index is 10.0. The van der Waals surface area contributed by atoms with E-state index in [1.54, 1.807) is 26.0 Å². The number of benzene rings is 2. The lowest BCUT2D eigenvalue weighted by Crippen LogP contribution is -2.02. The van der Waals surface area contributed by atoms with Gasteiger partial charge in [0.25, 0.3) is 0 Å². The summed E-state index contributed by atoms with van der Waals surface area (Å²) in [4.78, 5) is 8.76. The van der Waals surface area contributed by atoms with Crippen molar-refractivity contribution in [1.29, 1.82) is 0 Å². The van der Waals surface area contributed by atoms with Crippen molar-refractivity contribution in [1.82, 2.24) is 0 Å². The summed E-state index contributed by atoms with van der Waals surface area (Å²) in [7, 11) is 0. The normalized spacial score (nSPS) is 12.5. The maximum atomic E-state index is 10.0. The van der Waals surface area contributed by atoms with E-state index in [4.69, 9.17) is 46.4 Å². The van der Waals surface area contributed by atoms with Gasteiger partial charge in [-0.25, -0.2) is 0 Å². The molecule has 0 spiro atoms. The van der Waals surface area contributed by atoms with Gasteiger partial charge in [-0.3, -0.25) is 9.98 Å². The number of phenolic OH excluding ortho intramolecular Hbond substituents is 2. The molecule has 0 heterocycles. The Hall–Kier alpha value is -1.46. The van der Waals surface area contributed by atoms with E-state index >= 15 is 0 Å². The summed E-state index contributed by atoms with van der Waals surface area (Å²) in [5, 5.41) is 21.2. The number of aromatic hydroxyl groups is 2. The molecule has 0 fully saturated rings. The third-order valence-corrected chi connectivity index (χ3v) is 4.65. The molecule has 0 amide bonds. The zero-order valence-corrected chi connectivity index (χ0v) is 17.0. The van der Waals surface area contributed by atoms with Crippen molar-refractivity contribution < 1.29 is 10.2 Å². The molecule has 0 radical (unpaired) electrons. The Morgan fingerprint density at radius 2 is 1.08 bits per heavy atom. The van der Waals surface area contributed by atoms with E-state index in [-0.39, 0.29) is 21.5 Å². The van der Waals surface area contributed by atoms with E-state index in [1.807, 2.05) is 0 Å². The van der Waals surface area contributed by atoms with Crippen LogP contribution in [0.25, 0.3) is 0 Å². The third kappa shape index (κ3) is 5.04. The van der Waals surface area contributed by atoms with Crippen molar-refractivity contribution >= 4 is 57.8 Å². The zero-order chi connectivity index (χ0) is 19.4.